The third-order valence-electron chi connectivity index (χ3n) is 5.35. The third-order valence-corrected chi connectivity index (χ3v) is 6.31. The molecule has 0 bridgehead atoms. The Morgan fingerprint density at radius 2 is 2.03 bits per heavy atom. The summed E-state index contributed by atoms with van der Waals surface area (Å²) >= 11 is 0. The number of nitrogens with zero attached hydrogens (tertiary/aromatic N) is 5. The topological polar surface area (TPSA) is 135 Å². The Bertz CT molecular complexity index is 1250. The molecule has 11 nitrogen and oxygen atoms in total. The second-order valence-electron chi connectivity index (χ2n) is 9.30. The van der Waals surface area contributed by atoms with Gasteiger partial charge in [0, 0.05) is 36.9 Å². The zero-order valence-corrected chi connectivity index (χ0v) is 23.6. The van der Waals surface area contributed by atoms with E-state index in [-0.39, 0.29) is 30.4 Å². The minimum absolute atomic E-state index is 0.00329. The summed E-state index contributed by atoms with van der Waals surface area (Å²) < 4.78 is 41.6. The van der Waals surface area contributed by atoms with E-state index < -0.39 is 15.3 Å². The molecular formula is C25H37N5O6S. The molecule has 0 aliphatic carbocycles. The molecule has 0 aliphatic heterocycles. The first-order chi connectivity index (χ1) is 17.3. The van der Waals surface area contributed by atoms with Crippen LogP contribution >= 0.6 is 0 Å². The largest absolute Gasteiger partial charge is 0.476 e. The number of hydrogen-bond donors (Lipinski definition) is 0. The lowest BCUT2D eigenvalue weighted by Crippen LogP contribution is -2.32. The smallest absolute Gasteiger partial charge is 0.314 e. The van der Waals surface area contributed by atoms with E-state index in [2.05, 4.69) is 20.1 Å². The zero-order chi connectivity index (χ0) is 27.8. The Kier molecular flexibility index (Phi) is 10.5. The van der Waals surface area contributed by atoms with Crippen molar-refractivity contribution in [2.75, 3.05) is 26.6 Å². The average Bonchev–Trinajstić information content (AvgIpc) is 3.28. The normalized spacial score (nSPS) is 13.7. The van der Waals surface area contributed by atoms with Crippen LogP contribution in [0.2, 0.25) is 0 Å². The van der Waals surface area contributed by atoms with Crippen molar-refractivity contribution in [2.24, 2.45) is 10.4 Å². The predicted molar refractivity (Wildman–Crippen MR) is 140 cm³/mol. The number of ether oxygens (including phenoxy) is 3. The van der Waals surface area contributed by atoms with Gasteiger partial charge in [-0.2, -0.15) is 5.10 Å². The van der Waals surface area contributed by atoms with E-state index in [0.29, 0.717) is 24.0 Å². The van der Waals surface area contributed by atoms with Gasteiger partial charge in [-0.3, -0.25) is 9.79 Å². The maximum atomic E-state index is 12.2. The summed E-state index contributed by atoms with van der Waals surface area (Å²) in [5, 5.41) is 4.20. The quantitative estimate of drug-likeness (QED) is 0.214. The molecule has 0 spiro atoms. The van der Waals surface area contributed by atoms with Gasteiger partial charge in [0.05, 0.1) is 24.1 Å². The molecule has 0 aliphatic rings. The van der Waals surface area contributed by atoms with E-state index in [9.17, 15) is 13.2 Å². The molecular weight excluding hydrogens is 498 g/mol. The van der Waals surface area contributed by atoms with Crippen LogP contribution in [0.4, 0.5) is 0 Å². The maximum Gasteiger partial charge on any atom is 0.314 e. The summed E-state index contributed by atoms with van der Waals surface area (Å²) in [6.45, 7) is 11.7. The summed E-state index contributed by atoms with van der Waals surface area (Å²) in [4.78, 5) is 25.1. The van der Waals surface area contributed by atoms with Gasteiger partial charge in [0.2, 0.25) is 20.9 Å². The van der Waals surface area contributed by atoms with Crippen LogP contribution in [0, 0.1) is 12.3 Å². The second-order valence-corrected chi connectivity index (χ2v) is 11.2. The molecule has 0 fully saturated rings. The summed E-state index contributed by atoms with van der Waals surface area (Å²) in [6.07, 6.45) is 7.07. The number of methoxy groups -OCH3 is 1. The van der Waals surface area contributed by atoms with Crippen LogP contribution in [-0.4, -0.2) is 66.9 Å². The number of pyridine rings is 1. The molecule has 37 heavy (non-hydrogen) atoms. The van der Waals surface area contributed by atoms with Gasteiger partial charge in [-0.05, 0) is 39.7 Å². The van der Waals surface area contributed by atoms with Crippen molar-refractivity contribution in [3.05, 3.63) is 35.3 Å². The van der Waals surface area contributed by atoms with Gasteiger partial charge in [0.15, 0.2) is 5.82 Å². The number of rotatable bonds is 13. The predicted octanol–water partition coefficient (Wildman–Crippen LogP) is 3.58. The van der Waals surface area contributed by atoms with Crippen LogP contribution in [0.5, 0.6) is 5.88 Å². The monoisotopic (exact) mass is 535 g/mol. The lowest BCUT2D eigenvalue weighted by atomic mass is 9.95. The van der Waals surface area contributed by atoms with Crippen molar-refractivity contribution in [3.8, 4) is 5.88 Å². The van der Waals surface area contributed by atoms with E-state index in [0.717, 1.165) is 23.8 Å². The number of esters is 1. The third kappa shape index (κ3) is 8.19. The number of aliphatic imine (C=N–C) groups is 1. The summed E-state index contributed by atoms with van der Waals surface area (Å²) in [5.41, 5.74) is 1.55. The minimum atomic E-state index is -3.58. The zero-order valence-electron chi connectivity index (χ0n) is 22.8. The SMILES string of the molecule is C/C=C(\N=CC(C)c1nc(S(C)(=O)=O)n(COCCC)n1)c1cnc(OCC(C)(C)C(=O)OC)cc1C. The van der Waals surface area contributed by atoms with Gasteiger partial charge in [-0.15, -0.1) is 0 Å². The van der Waals surface area contributed by atoms with Crippen molar-refractivity contribution < 1.29 is 27.4 Å². The number of carbonyl (C=O) groups is 1. The Balaban J connectivity index is 2.20. The molecule has 0 aromatic carbocycles. The first-order valence-corrected chi connectivity index (χ1v) is 13.8. The van der Waals surface area contributed by atoms with E-state index in [1.807, 2.05) is 33.8 Å². The Labute approximate surface area is 218 Å². The number of carbonyl (C=O) groups excluding carboxylic acids is 1. The fourth-order valence-corrected chi connectivity index (χ4v) is 3.95. The van der Waals surface area contributed by atoms with Crippen molar-refractivity contribution in [2.45, 2.75) is 65.8 Å². The van der Waals surface area contributed by atoms with E-state index in [1.165, 1.54) is 11.8 Å². The lowest BCUT2D eigenvalue weighted by molar-refractivity contribution is -0.152. The first kappa shape index (κ1) is 30.1. The molecule has 0 saturated heterocycles. The first-order valence-electron chi connectivity index (χ1n) is 11.9. The molecule has 2 aromatic rings. The highest BCUT2D eigenvalue weighted by atomic mass is 32.2. The molecule has 0 amide bonds. The van der Waals surface area contributed by atoms with E-state index >= 15 is 0 Å². The van der Waals surface area contributed by atoms with Crippen LogP contribution in [0.1, 0.15) is 63.9 Å². The van der Waals surface area contributed by atoms with Gasteiger partial charge in [-0.1, -0.05) is 19.9 Å². The summed E-state index contributed by atoms with van der Waals surface area (Å²) in [5.74, 6) is -0.0119. The molecule has 1 atom stereocenters. The van der Waals surface area contributed by atoms with Crippen molar-refractivity contribution in [3.63, 3.8) is 0 Å². The summed E-state index contributed by atoms with van der Waals surface area (Å²) in [6, 6.07) is 1.78. The molecule has 2 rings (SSSR count). The molecule has 1 unspecified atom stereocenters. The molecule has 12 heteroatoms. The fourth-order valence-electron chi connectivity index (χ4n) is 3.22. The standard InChI is InChI=1S/C25H37N5O6S/c1-9-11-35-16-30-24(37(8,32)33)28-22(29-30)18(4)13-26-20(10-2)19-14-27-21(12-17(19)3)36-15-25(5,6)23(31)34-7/h10,12-14,18H,9,11,15-16H2,1-8H3/b20-10-,26-13?. The number of aromatic nitrogens is 4. The van der Waals surface area contributed by atoms with Crippen LogP contribution in [-0.2, 0) is 30.8 Å². The van der Waals surface area contributed by atoms with Crippen LogP contribution in [0.25, 0.3) is 5.70 Å². The Morgan fingerprint density at radius 3 is 2.59 bits per heavy atom. The highest BCUT2D eigenvalue weighted by Crippen LogP contribution is 2.25. The van der Waals surface area contributed by atoms with Crippen molar-refractivity contribution in [1.29, 1.82) is 0 Å². The molecule has 0 saturated carbocycles. The fraction of sp³-hybridized carbons (Fsp3) is 0.560. The van der Waals surface area contributed by atoms with Gasteiger partial charge in [0.1, 0.15) is 13.3 Å². The van der Waals surface area contributed by atoms with Gasteiger partial charge >= 0.3 is 5.97 Å². The van der Waals surface area contributed by atoms with Crippen molar-refractivity contribution >= 4 is 27.7 Å². The Hall–Kier alpha value is -3.12. The van der Waals surface area contributed by atoms with Gasteiger partial charge in [0.25, 0.3) is 0 Å². The lowest BCUT2D eigenvalue weighted by Gasteiger charge is -2.21. The van der Waals surface area contributed by atoms with E-state index in [1.54, 1.807) is 32.3 Å². The highest BCUT2D eigenvalue weighted by Gasteiger charge is 2.30. The van der Waals surface area contributed by atoms with Gasteiger partial charge < -0.3 is 14.2 Å². The maximum absolute atomic E-state index is 12.2. The van der Waals surface area contributed by atoms with Crippen LogP contribution < -0.4 is 4.74 Å². The van der Waals surface area contributed by atoms with E-state index in [4.69, 9.17) is 14.2 Å². The minimum Gasteiger partial charge on any atom is -0.476 e. The number of sulfone groups is 1. The second kappa shape index (κ2) is 12.9. The summed E-state index contributed by atoms with van der Waals surface area (Å²) in [7, 11) is -2.24. The number of aryl methyl sites for hydroxylation is 1. The number of allylic oxidation sites excluding steroid dienone is 1. The number of hydrogen-bond acceptors (Lipinski definition) is 10. The molecule has 0 N–H and O–H groups in total. The average molecular weight is 536 g/mol. The van der Waals surface area contributed by atoms with Crippen LogP contribution in [0.15, 0.2) is 28.5 Å². The Morgan fingerprint density at radius 1 is 1.32 bits per heavy atom. The molecule has 204 valence electrons. The van der Waals surface area contributed by atoms with Crippen LogP contribution in [0.3, 0.4) is 0 Å². The van der Waals surface area contributed by atoms with Crippen molar-refractivity contribution in [1.82, 2.24) is 19.7 Å². The van der Waals surface area contributed by atoms with Gasteiger partial charge in [-0.25, -0.2) is 23.1 Å². The molecule has 2 heterocycles. The molecule has 2 aromatic heterocycles. The molecule has 0 radical (unpaired) electrons. The highest BCUT2D eigenvalue weighted by molar-refractivity contribution is 7.90.